The summed E-state index contributed by atoms with van der Waals surface area (Å²) in [7, 11) is 0. The maximum Gasteiger partial charge on any atom is 0.168 e. The number of nitrogens with zero attached hydrogens (tertiary/aromatic N) is 4. The van der Waals surface area contributed by atoms with Crippen LogP contribution in [0.15, 0.2) is 34.5 Å². The summed E-state index contributed by atoms with van der Waals surface area (Å²) in [6.07, 6.45) is 1.45. The summed E-state index contributed by atoms with van der Waals surface area (Å²) in [5.41, 5.74) is 1.42. The minimum atomic E-state index is -0.684. The maximum absolute atomic E-state index is 9.18. The van der Waals surface area contributed by atoms with Crippen LogP contribution in [0, 0.1) is 6.92 Å². The topological polar surface area (TPSA) is 51.4 Å². The lowest BCUT2D eigenvalue weighted by atomic mass is 10.0. The van der Waals surface area contributed by atoms with E-state index in [0.717, 1.165) is 11.1 Å². The van der Waals surface area contributed by atoms with Crippen molar-refractivity contribution < 1.29 is 5.21 Å². The Hall–Kier alpha value is -1.46. The van der Waals surface area contributed by atoms with Crippen LogP contribution in [0.1, 0.15) is 11.1 Å². The second kappa shape index (κ2) is 5.46. The summed E-state index contributed by atoms with van der Waals surface area (Å²) in [5.74, 6) is 0. The van der Waals surface area contributed by atoms with Gasteiger partial charge in [-0.3, -0.25) is 9.43 Å². The second-order valence-electron chi connectivity index (χ2n) is 3.85. The van der Waals surface area contributed by atoms with Gasteiger partial charge in [0.2, 0.25) is 0 Å². The molecule has 1 aliphatic rings. The average Bonchev–Trinajstić information content (AvgIpc) is 2.79. The zero-order valence-electron chi connectivity index (χ0n) is 9.66. The molecule has 1 heterocycles. The van der Waals surface area contributed by atoms with E-state index in [1.807, 2.05) is 31.2 Å². The van der Waals surface area contributed by atoms with Gasteiger partial charge in [-0.05, 0) is 12.5 Å². The summed E-state index contributed by atoms with van der Waals surface area (Å²) in [5, 5.41) is 18.0. The normalized spacial score (nSPS) is 17.4. The van der Waals surface area contributed by atoms with Crippen LogP contribution in [0.3, 0.4) is 0 Å². The second-order valence-corrected chi connectivity index (χ2v) is 4.70. The van der Waals surface area contributed by atoms with Gasteiger partial charge in [0.15, 0.2) is 5.50 Å². The molecule has 1 unspecified atom stereocenters. The van der Waals surface area contributed by atoms with Crippen LogP contribution < -0.4 is 0 Å². The lowest BCUT2D eigenvalue weighted by Gasteiger charge is -2.22. The Morgan fingerprint density at radius 1 is 1.50 bits per heavy atom. The lowest BCUT2D eigenvalue weighted by molar-refractivity contribution is 0.279. The van der Waals surface area contributed by atoms with Crippen LogP contribution in [-0.4, -0.2) is 38.9 Å². The third kappa shape index (κ3) is 2.52. The molecule has 2 rings (SSSR count). The van der Waals surface area contributed by atoms with E-state index in [-0.39, 0.29) is 0 Å². The minimum Gasteiger partial charge on any atom is -0.411 e. The Bertz CT molecular complexity index is 492. The van der Waals surface area contributed by atoms with E-state index in [1.165, 1.54) is 15.8 Å². The number of oxime groups is 1. The Morgan fingerprint density at radius 2 is 2.22 bits per heavy atom. The molecule has 1 aromatic rings. The minimum absolute atomic E-state index is 0.334. The van der Waals surface area contributed by atoms with Gasteiger partial charge in [-0.1, -0.05) is 41.0 Å². The van der Waals surface area contributed by atoms with Gasteiger partial charge in [0.25, 0.3) is 0 Å². The summed E-state index contributed by atoms with van der Waals surface area (Å²) in [6, 6.07) is 7.53. The van der Waals surface area contributed by atoms with Crippen molar-refractivity contribution in [3.63, 3.8) is 0 Å². The molecule has 0 aromatic heterocycles. The van der Waals surface area contributed by atoms with Gasteiger partial charge in [0.1, 0.15) is 18.7 Å². The highest BCUT2D eigenvalue weighted by molar-refractivity contribution is 6.35. The molecule has 1 aliphatic heterocycles. The summed E-state index contributed by atoms with van der Waals surface area (Å²) >= 11 is 12.0. The molecule has 7 heteroatoms. The maximum atomic E-state index is 9.18. The quantitative estimate of drug-likeness (QED) is 0.232. The van der Waals surface area contributed by atoms with Crippen molar-refractivity contribution in [1.82, 2.24) is 9.43 Å². The first-order chi connectivity index (χ1) is 8.63. The molecule has 0 amide bonds. The Morgan fingerprint density at radius 3 is 2.78 bits per heavy atom. The Balaban J connectivity index is 2.25. The van der Waals surface area contributed by atoms with Crippen molar-refractivity contribution in [2.45, 2.75) is 12.4 Å². The molecule has 0 spiro atoms. The van der Waals surface area contributed by atoms with E-state index in [1.54, 1.807) is 0 Å². The first-order valence-electron chi connectivity index (χ1n) is 5.28. The SMILES string of the molecule is Cc1ccccc1C(=NO)C(Cl)N1CN(Cl)C=N1. The summed E-state index contributed by atoms with van der Waals surface area (Å²) < 4.78 is 1.36. The monoisotopic (exact) mass is 286 g/mol. The molecule has 0 fully saturated rings. The van der Waals surface area contributed by atoms with E-state index in [4.69, 9.17) is 23.4 Å². The third-order valence-electron chi connectivity index (χ3n) is 2.62. The first kappa shape index (κ1) is 13.0. The number of alkyl halides is 1. The zero-order valence-corrected chi connectivity index (χ0v) is 11.2. The van der Waals surface area contributed by atoms with Gasteiger partial charge < -0.3 is 5.21 Å². The van der Waals surface area contributed by atoms with Gasteiger partial charge in [-0.2, -0.15) is 5.10 Å². The van der Waals surface area contributed by atoms with Crippen molar-refractivity contribution in [3.05, 3.63) is 35.4 Å². The van der Waals surface area contributed by atoms with Gasteiger partial charge in [0, 0.05) is 17.3 Å². The number of halogens is 2. The molecular formula is C11H12Cl2N4O. The molecule has 0 radical (unpaired) electrons. The van der Waals surface area contributed by atoms with E-state index >= 15 is 0 Å². The van der Waals surface area contributed by atoms with Crippen LogP contribution >= 0.6 is 23.4 Å². The molecule has 18 heavy (non-hydrogen) atoms. The number of hydrazone groups is 1. The summed E-state index contributed by atoms with van der Waals surface area (Å²) in [6.45, 7) is 2.26. The largest absolute Gasteiger partial charge is 0.411 e. The first-order valence-corrected chi connectivity index (χ1v) is 6.06. The van der Waals surface area contributed by atoms with Gasteiger partial charge in [0.05, 0.1) is 0 Å². The lowest BCUT2D eigenvalue weighted by Crippen LogP contribution is -2.35. The van der Waals surface area contributed by atoms with E-state index in [2.05, 4.69) is 10.3 Å². The molecule has 0 saturated carbocycles. The molecular weight excluding hydrogens is 275 g/mol. The fraction of sp³-hybridized carbons (Fsp3) is 0.273. The van der Waals surface area contributed by atoms with Crippen LogP contribution in [0.2, 0.25) is 0 Å². The number of hydrogen-bond acceptors (Lipinski definition) is 5. The fourth-order valence-electron chi connectivity index (χ4n) is 1.70. The van der Waals surface area contributed by atoms with E-state index in [9.17, 15) is 5.21 Å². The average molecular weight is 287 g/mol. The fourth-order valence-corrected chi connectivity index (χ4v) is 2.12. The predicted molar refractivity (Wildman–Crippen MR) is 72.0 cm³/mol. The van der Waals surface area contributed by atoms with Crippen molar-refractivity contribution in [1.29, 1.82) is 0 Å². The molecule has 0 bridgehead atoms. The third-order valence-corrected chi connectivity index (χ3v) is 3.25. The number of rotatable bonds is 3. The smallest absolute Gasteiger partial charge is 0.168 e. The van der Waals surface area contributed by atoms with Crippen molar-refractivity contribution in [2.24, 2.45) is 10.3 Å². The molecule has 1 aromatic carbocycles. The van der Waals surface area contributed by atoms with Crippen LogP contribution in [-0.2, 0) is 0 Å². The van der Waals surface area contributed by atoms with E-state index in [0.29, 0.717) is 12.4 Å². The summed E-state index contributed by atoms with van der Waals surface area (Å²) in [4.78, 5) is 0. The Labute approximate surface area is 115 Å². The van der Waals surface area contributed by atoms with Crippen LogP contribution in [0.5, 0.6) is 0 Å². The number of aryl methyl sites for hydroxylation is 1. The van der Waals surface area contributed by atoms with Gasteiger partial charge >= 0.3 is 0 Å². The Kier molecular flexibility index (Phi) is 3.93. The van der Waals surface area contributed by atoms with Gasteiger partial charge in [-0.25, -0.2) is 0 Å². The predicted octanol–water partition coefficient (Wildman–Crippen LogP) is 2.41. The molecule has 1 atom stereocenters. The van der Waals surface area contributed by atoms with Crippen molar-refractivity contribution >= 4 is 35.4 Å². The zero-order chi connectivity index (χ0) is 13.1. The highest BCUT2D eigenvalue weighted by atomic mass is 35.5. The molecule has 96 valence electrons. The highest BCUT2D eigenvalue weighted by Gasteiger charge is 2.27. The highest BCUT2D eigenvalue weighted by Crippen LogP contribution is 2.19. The number of benzene rings is 1. The molecule has 5 nitrogen and oxygen atoms in total. The molecule has 0 saturated heterocycles. The molecule has 0 aliphatic carbocycles. The van der Waals surface area contributed by atoms with Crippen molar-refractivity contribution in [3.8, 4) is 0 Å². The molecule has 1 N–H and O–H groups in total. The standard InChI is InChI=1S/C11H12Cl2N4O/c1-8-4-2-3-5-9(8)10(15-18)11(12)17-7-16(13)6-14-17/h2-6,11,18H,7H2,1H3. The van der Waals surface area contributed by atoms with Crippen molar-refractivity contribution in [2.75, 3.05) is 6.67 Å². The van der Waals surface area contributed by atoms with Crippen LogP contribution in [0.25, 0.3) is 0 Å². The van der Waals surface area contributed by atoms with E-state index < -0.39 is 5.50 Å². The van der Waals surface area contributed by atoms with Gasteiger partial charge in [-0.15, -0.1) is 0 Å². The number of hydrogen-bond donors (Lipinski definition) is 1. The van der Waals surface area contributed by atoms with Crippen LogP contribution in [0.4, 0.5) is 0 Å².